The summed E-state index contributed by atoms with van der Waals surface area (Å²) in [4.78, 5) is 2.51. The van der Waals surface area contributed by atoms with Crippen LogP contribution < -0.4 is 21.3 Å². The van der Waals surface area contributed by atoms with Crippen LogP contribution in [-0.2, 0) is 11.8 Å². The summed E-state index contributed by atoms with van der Waals surface area (Å²) in [7, 11) is 0. The fourth-order valence-electron chi connectivity index (χ4n) is 7.59. The predicted octanol–water partition coefficient (Wildman–Crippen LogP) is 9.08. The molecule has 2 aliphatic heterocycles. The SMILES string of the molecule is CCCCc1ccc2c3c1C(C)(C)c1cc4oc5ccccc5c4cc1B3c1cc(I)ccc1N2c1ccc(I)cc1. The van der Waals surface area contributed by atoms with E-state index in [1.807, 2.05) is 0 Å². The van der Waals surface area contributed by atoms with Crippen molar-refractivity contribution in [2.24, 2.45) is 0 Å². The van der Waals surface area contributed by atoms with Gasteiger partial charge in [0.15, 0.2) is 0 Å². The number of hydrogen-bond donors (Lipinski definition) is 0. The number of unbranched alkanes of at least 4 members (excludes halogenated alkanes) is 1. The number of para-hydroxylation sites is 1. The summed E-state index contributed by atoms with van der Waals surface area (Å²) in [5.41, 5.74) is 14.2. The van der Waals surface area contributed by atoms with Crippen LogP contribution in [-0.4, -0.2) is 6.71 Å². The minimum Gasteiger partial charge on any atom is -0.456 e. The second kappa shape index (κ2) is 9.88. The zero-order chi connectivity index (χ0) is 28.7. The first-order chi connectivity index (χ1) is 20.4. The molecule has 206 valence electrons. The maximum atomic E-state index is 6.46. The quantitative estimate of drug-likeness (QED) is 0.131. The summed E-state index contributed by atoms with van der Waals surface area (Å²) < 4.78 is 8.98. The summed E-state index contributed by atoms with van der Waals surface area (Å²) in [6, 6.07) is 34.1. The molecule has 0 fully saturated rings. The van der Waals surface area contributed by atoms with Crippen LogP contribution >= 0.6 is 45.2 Å². The van der Waals surface area contributed by atoms with Crippen molar-refractivity contribution in [1.82, 2.24) is 0 Å². The number of hydrogen-bond acceptors (Lipinski definition) is 2. The van der Waals surface area contributed by atoms with Gasteiger partial charge in [0, 0.05) is 40.4 Å². The highest BCUT2D eigenvalue weighted by Crippen LogP contribution is 2.45. The number of nitrogens with zero attached hydrogens (tertiary/aromatic N) is 1. The number of benzene rings is 5. The van der Waals surface area contributed by atoms with Crippen LogP contribution in [0.25, 0.3) is 21.9 Å². The molecule has 0 atom stereocenters. The first-order valence-electron chi connectivity index (χ1n) is 14.8. The van der Waals surface area contributed by atoms with Gasteiger partial charge in [-0.15, -0.1) is 0 Å². The van der Waals surface area contributed by atoms with E-state index in [4.69, 9.17) is 4.42 Å². The summed E-state index contributed by atoms with van der Waals surface area (Å²) in [5.74, 6) is 0. The molecule has 0 amide bonds. The Labute approximate surface area is 274 Å². The van der Waals surface area contributed by atoms with Crippen molar-refractivity contribution in [3.63, 3.8) is 0 Å². The molecule has 0 saturated carbocycles. The van der Waals surface area contributed by atoms with E-state index in [2.05, 4.69) is 162 Å². The van der Waals surface area contributed by atoms with Crippen LogP contribution in [0.2, 0.25) is 0 Å². The molecule has 2 aliphatic rings. The molecule has 42 heavy (non-hydrogen) atoms. The first-order valence-corrected chi connectivity index (χ1v) is 17.0. The lowest BCUT2D eigenvalue weighted by Crippen LogP contribution is -2.64. The molecule has 0 unspecified atom stereocenters. The van der Waals surface area contributed by atoms with Crippen LogP contribution in [0.3, 0.4) is 0 Å². The maximum Gasteiger partial charge on any atom is 0.247 e. The lowest BCUT2D eigenvalue weighted by Gasteiger charge is -2.46. The molecule has 0 aliphatic carbocycles. The minimum absolute atomic E-state index is 0.155. The third-order valence-electron chi connectivity index (χ3n) is 9.42. The van der Waals surface area contributed by atoms with Crippen molar-refractivity contribution in [1.29, 1.82) is 0 Å². The van der Waals surface area contributed by atoms with E-state index in [0.717, 1.165) is 17.6 Å². The van der Waals surface area contributed by atoms with Gasteiger partial charge in [-0.25, -0.2) is 0 Å². The molecule has 0 bridgehead atoms. The molecular weight excluding hydrogens is 739 g/mol. The average Bonchev–Trinajstić information content (AvgIpc) is 3.35. The number of furan rings is 1. The van der Waals surface area contributed by atoms with Crippen LogP contribution in [0.5, 0.6) is 0 Å². The number of anilines is 3. The third-order valence-corrected chi connectivity index (χ3v) is 10.8. The summed E-state index contributed by atoms with van der Waals surface area (Å²) in [6.07, 6.45) is 3.48. The number of fused-ring (bicyclic) bond motifs is 7. The second-order valence-corrected chi connectivity index (χ2v) is 14.7. The monoisotopic (exact) mass is 769 g/mol. The largest absolute Gasteiger partial charge is 0.456 e. The van der Waals surface area contributed by atoms with Crippen LogP contribution in [0.1, 0.15) is 50.3 Å². The van der Waals surface area contributed by atoms with Crippen molar-refractivity contribution in [2.75, 3.05) is 4.90 Å². The highest BCUT2D eigenvalue weighted by Gasteiger charge is 2.47. The number of halogens is 2. The van der Waals surface area contributed by atoms with E-state index in [0.29, 0.717) is 0 Å². The molecule has 5 aromatic carbocycles. The maximum absolute atomic E-state index is 6.46. The number of aryl methyl sites for hydroxylation is 1. The summed E-state index contributed by atoms with van der Waals surface area (Å²) >= 11 is 4.89. The molecule has 0 spiro atoms. The van der Waals surface area contributed by atoms with E-state index in [-0.39, 0.29) is 12.1 Å². The van der Waals surface area contributed by atoms with Crippen LogP contribution in [0.15, 0.2) is 95.4 Å². The molecule has 6 aromatic rings. The Balaban J connectivity index is 1.50. The lowest BCUT2D eigenvalue weighted by atomic mass is 9.30. The Kier molecular flexibility index (Phi) is 6.31. The van der Waals surface area contributed by atoms with Gasteiger partial charge in [0.05, 0.1) is 0 Å². The average molecular weight is 769 g/mol. The summed E-state index contributed by atoms with van der Waals surface area (Å²) in [6.45, 7) is 7.31. The zero-order valence-corrected chi connectivity index (χ0v) is 28.3. The Morgan fingerprint density at radius 3 is 2.33 bits per heavy atom. The summed E-state index contributed by atoms with van der Waals surface area (Å²) in [5, 5.41) is 2.40. The fourth-order valence-corrected chi connectivity index (χ4v) is 8.47. The molecule has 0 radical (unpaired) electrons. The van der Waals surface area contributed by atoms with E-state index in [9.17, 15) is 0 Å². The van der Waals surface area contributed by atoms with Gasteiger partial charge in [0.1, 0.15) is 11.2 Å². The van der Waals surface area contributed by atoms with Crippen molar-refractivity contribution >= 4 is 107 Å². The second-order valence-electron chi connectivity index (χ2n) is 12.2. The van der Waals surface area contributed by atoms with Crippen molar-refractivity contribution in [3.05, 3.63) is 115 Å². The Morgan fingerprint density at radius 1 is 0.762 bits per heavy atom. The molecule has 8 rings (SSSR count). The van der Waals surface area contributed by atoms with Gasteiger partial charge in [-0.2, -0.15) is 0 Å². The predicted molar refractivity (Wildman–Crippen MR) is 196 cm³/mol. The normalized spacial score (nSPS) is 14.7. The topological polar surface area (TPSA) is 16.4 Å². The number of rotatable bonds is 4. The molecule has 0 N–H and O–H groups in total. The van der Waals surface area contributed by atoms with Crippen molar-refractivity contribution in [2.45, 2.75) is 45.4 Å². The lowest BCUT2D eigenvalue weighted by molar-refractivity contribution is 0.625. The Hall–Kier alpha value is -2.78. The van der Waals surface area contributed by atoms with Crippen molar-refractivity contribution < 1.29 is 4.42 Å². The molecule has 5 heteroatoms. The highest BCUT2D eigenvalue weighted by atomic mass is 127. The third kappa shape index (κ3) is 3.88. The molecular formula is C37H30BI2NO. The van der Waals surface area contributed by atoms with Gasteiger partial charge < -0.3 is 9.32 Å². The smallest absolute Gasteiger partial charge is 0.247 e. The standard InChI is InChI=1S/C37H30BI2NO/c1-4-5-8-22-11-17-32-36-35(22)37(2,3)28-21-34-27(26-9-6-7-10-33(26)42-34)20-29(28)38(36)30-19-24(40)14-18-31(30)41(32)25-15-12-23(39)13-16-25/h6-7,9-21H,4-5,8H2,1-3H3. The van der Waals surface area contributed by atoms with Gasteiger partial charge in [-0.05, 0) is 140 Å². The first kappa shape index (κ1) is 26.8. The van der Waals surface area contributed by atoms with Gasteiger partial charge in [-0.3, -0.25) is 0 Å². The van der Waals surface area contributed by atoms with E-state index >= 15 is 0 Å². The molecule has 1 aromatic heterocycles. The Bertz CT molecular complexity index is 2040. The van der Waals surface area contributed by atoms with Crippen LogP contribution in [0, 0.1) is 7.14 Å². The minimum atomic E-state index is -0.176. The van der Waals surface area contributed by atoms with Gasteiger partial charge in [0.2, 0.25) is 6.71 Å². The van der Waals surface area contributed by atoms with E-state index in [1.165, 1.54) is 80.9 Å². The van der Waals surface area contributed by atoms with Gasteiger partial charge in [-0.1, -0.05) is 69.1 Å². The van der Waals surface area contributed by atoms with E-state index in [1.54, 1.807) is 0 Å². The fraction of sp³-hybridized carbons (Fsp3) is 0.189. The van der Waals surface area contributed by atoms with E-state index < -0.39 is 0 Å². The Morgan fingerprint density at radius 2 is 1.52 bits per heavy atom. The zero-order valence-electron chi connectivity index (χ0n) is 24.0. The van der Waals surface area contributed by atoms with Gasteiger partial charge in [0.25, 0.3) is 0 Å². The molecule has 0 saturated heterocycles. The molecule has 2 nitrogen and oxygen atoms in total. The van der Waals surface area contributed by atoms with Crippen molar-refractivity contribution in [3.8, 4) is 0 Å². The highest BCUT2D eigenvalue weighted by molar-refractivity contribution is 14.1. The molecule has 3 heterocycles. The van der Waals surface area contributed by atoms with Gasteiger partial charge >= 0.3 is 0 Å². The van der Waals surface area contributed by atoms with Crippen LogP contribution in [0.4, 0.5) is 17.1 Å².